The van der Waals surface area contributed by atoms with E-state index in [2.05, 4.69) is 10.3 Å². The Hall–Kier alpha value is -2.21. The summed E-state index contributed by atoms with van der Waals surface area (Å²) in [5.41, 5.74) is 5.79. The maximum absolute atomic E-state index is 11.9. The van der Waals surface area contributed by atoms with E-state index in [1.165, 1.54) is 10.5 Å². The van der Waals surface area contributed by atoms with Crippen LogP contribution >= 0.6 is 0 Å². The summed E-state index contributed by atoms with van der Waals surface area (Å²) in [5.74, 6) is -0.364. The maximum atomic E-state index is 11.9. The van der Waals surface area contributed by atoms with Gasteiger partial charge in [-0.2, -0.15) is 0 Å². The largest absolute Gasteiger partial charge is 0.369 e. The number of nitrogens with one attached hydrogen (secondary N) is 1. The molecular weight excluding hydrogens is 256 g/mol. The number of hydrogen-bond acceptors (Lipinski definition) is 4. The first-order chi connectivity index (χ1) is 9.40. The zero-order valence-corrected chi connectivity index (χ0v) is 11.6. The van der Waals surface area contributed by atoms with Gasteiger partial charge in [-0.25, -0.2) is 4.98 Å². The molecule has 0 aromatic carbocycles. The average Bonchev–Trinajstić information content (AvgIpc) is 2.38. The molecule has 0 saturated carbocycles. The first-order valence-electron chi connectivity index (χ1n) is 6.38. The van der Waals surface area contributed by atoms with Crippen molar-refractivity contribution in [1.29, 1.82) is 0 Å². The fourth-order valence-corrected chi connectivity index (χ4v) is 1.78. The lowest BCUT2D eigenvalue weighted by Crippen LogP contribution is -2.40. The minimum absolute atomic E-state index is 0.124. The lowest BCUT2D eigenvalue weighted by atomic mass is 9.93. The molecule has 0 spiro atoms. The van der Waals surface area contributed by atoms with Crippen LogP contribution in [0.3, 0.4) is 0 Å². The molecule has 20 heavy (non-hydrogen) atoms. The Labute approximate surface area is 116 Å². The van der Waals surface area contributed by atoms with E-state index in [1.54, 1.807) is 32.2 Å². The van der Waals surface area contributed by atoms with Crippen molar-refractivity contribution < 1.29 is 4.79 Å². The number of fused-ring (bicyclic) bond motifs is 1. The van der Waals surface area contributed by atoms with Crippen LogP contribution in [0.1, 0.15) is 19.5 Å². The number of aromatic nitrogens is 2. The molecule has 0 saturated heterocycles. The van der Waals surface area contributed by atoms with E-state index in [0.717, 1.165) is 0 Å². The normalized spacial score (nSPS) is 11.7. The smallest absolute Gasteiger partial charge is 0.258 e. The van der Waals surface area contributed by atoms with E-state index >= 15 is 0 Å². The number of nitrogens with zero attached hydrogens (tertiary/aromatic N) is 2. The number of carbonyl (C=O) groups excluding carboxylic acids is 1. The van der Waals surface area contributed by atoms with Crippen LogP contribution in [0.15, 0.2) is 35.3 Å². The molecule has 2 rings (SSSR count). The minimum atomic E-state index is -0.633. The quantitative estimate of drug-likeness (QED) is 0.820. The first kappa shape index (κ1) is 14.2. The Morgan fingerprint density at radius 1 is 1.45 bits per heavy atom. The van der Waals surface area contributed by atoms with Gasteiger partial charge in [0.25, 0.3) is 5.56 Å². The van der Waals surface area contributed by atoms with Crippen molar-refractivity contribution >= 4 is 11.6 Å². The van der Waals surface area contributed by atoms with Gasteiger partial charge < -0.3 is 11.1 Å². The molecular formula is C14H18N4O2. The highest BCUT2D eigenvalue weighted by molar-refractivity contribution is 5.80. The SMILES string of the molecule is CC(C)(CNCc1cc(=O)n2ccccc2n1)C(N)=O. The highest BCUT2D eigenvalue weighted by atomic mass is 16.1. The van der Waals surface area contributed by atoms with Crippen LogP contribution in [0.2, 0.25) is 0 Å². The zero-order valence-electron chi connectivity index (χ0n) is 11.6. The van der Waals surface area contributed by atoms with Gasteiger partial charge in [0.15, 0.2) is 0 Å². The van der Waals surface area contributed by atoms with Crippen molar-refractivity contribution in [3.63, 3.8) is 0 Å². The summed E-state index contributed by atoms with van der Waals surface area (Å²) in [6.45, 7) is 4.38. The van der Waals surface area contributed by atoms with Crippen LogP contribution in [-0.2, 0) is 11.3 Å². The van der Waals surface area contributed by atoms with Gasteiger partial charge >= 0.3 is 0 Å². The van der Waals surface area contributed by atoms with Crippen LogP contribution in [0.5, 0.6) is 0 Å². The molecule has 2 heterocycles. The molecule has 2 aromatic rings. The second-order valence-electron chi connectivity index (χ2n) is 5.37. The molecule has 0 unspecified atom stereocenters. The number of amides is 1. The molecule has 0 atom stereocenters. The predicted molar refractivity (Wildman–Crippen MR) is 76.1 cm³/mol. The first-order valence-corrected chi connectivity index (χ1v) is 6.38. The van der Waals surface area contributed by atoms with Crippen molar-refractivity contribution in [3.8, 4) is 0 Å². The molecule has 0 aliphatic heterocycles. The number of primary amides is 1. The molecule has 3 N–H and O–H groups in total. The van der Waals surface area contributed by atoms with E-state index in [-0.39, 0.29) is 11.5 Å². The summed E-state index contributed by atoms with van der Waals surface area (Å²) in [6, 6.07) is 6.87. The molecule has 0 aliphatic carbocycles. The van der Waals surface area contributed by atoms with Crippen molar-refractivity contribution in [3.05, 3.63) is 46.5 Å². The van der Waals surface area contributed by atoms with Crippen molar-refractivity contribution in [2.24, 2.45) is 11.1 Å². The Morgan fingerprint density at radius 2 is 2.20 bits per heavy atom. The van der Waals surface area contributed by atoms with Crippen LogP contribution < -0.4 is 16.6 Å². The second-order valence-corrected chi connectivity index (χ2v) is 5.37. The molecule has 6 heteroatoms. The number of nitrogens with two attached hydrogens (primary N) is 1. The minimum Gasteiger partial charge on any atom is -0.369 e. The Balaban J connectivity index is 2.11. The van der Waals surface area contributed by atoms with E-state index in [4.69, 9.17) is 5.73 Å². The molecule has 2 aromatic heterocycles. The monoisotopic (exact) mass is 274 g/mol. The summed E-state index contributed by atoms with van der Waals surface area (Å²) in [6.07, 6.45) is 1.68. The summed E-state index contributed by atoms with van der Waals surface area (Å²) < 4.78 is 1.48. The van der Waals surface area contributed by atoms with Gasteiger partial charge in [-0.1, -0.05) is 6.07 Å². The third-order valence-corrected chi connectivity index (χ3v) is 3.16. The molecule has 1 amide bonds. The highest BCUT2D eigenvalue weighted by Crippen LogP contribution is 2.12. The van der Waals surface area contributed by atoms with E-state index in [9.17, 15) is 9.59 Å². The van der Waals surface area contributed by atoms with Crippen molar-refractivity contribution in [2.45, 2.75) is 20.4 Å². The lowest BCUT2D eigenvalue weighted by Gasteiger charge is -2.20. The number of carbonyl (C=O) groups is 1. The van der Waals surface area contributed by atoms with Gasteiger partial charge in [0.05, 0.1) is 11.1 Å². The summed E-state index contributed by atoms with van der Waals surface area (Å²) in [4.78, 5) is 27.5. The number of hydrogen-bond donors (Lipinski definition) is 2. The van der Waals surface area contributed by atoms with Crippen LogP contribution in [0.25, 0.3) is 5.65 Å². The summed E-state index contributed by atoms with van der Waals surface area (Å²) in [7, 11) is 0. The molecule has 106 valence electrons. The standard InChI is InChI=1S/C14H18N4O2/c1-14(2,13(15)20)9-16-8-10-7-12(19)18-6-4-3-5-11(18)17-10/h3-7,16H,8-9H2,1-2H3,(H2,15,20). The van der Waals surface area contributed by atoms with Gasteiger partial charge in [-0.15, -0.1) is 0 Å². The van der Waals surface area contributed by atoms with Crippen molar-refractivity contribution in [2.75, 3.05) is 6.54 Å². The predicted octanol–water partition coefficient (Wildman–Crippen LogP) is 0.296. The van der Waals surface area contributed by atoms with Gasteiger partial charge in [-0.3, -0.25) is 14.0 Å². The van der Waals surface area contributed by atoms with Gasteiger partial charge in [0.2, 0.25) is 5.91 Å². The fraction of sp³-hybridized carbons (Fsp3) is 0.357. The average molecular weight is 274 g/mol. The van der Waals surface area contributed by atoms with Gasteiger partial charge in [-0.05, 0) is 26.0 Å². The lowest BCUT2D eigenvalue weighted by molar-refractivity contribution is -0.125. The molecule has 0 bridgehead atoms. The van der Waals surface area contributed by atoms with E-state index in [0.29, 0.717) is 24.4 Å². The third kappa shape index (κ3) is 3.03. The third-order valence-electron chi connectivity index (χ3n) is 3.16. The Kier molecular flexibility index (Phi) is 3.85. The highest BCUT2D eigenvalue weighted by Gasteiger charge is 2.24. The van der Waals surface area contributed by atoms with Gasteiger partial charge in [0, 0.05) is 25.4 Å². The van der Waals surface area contributed by atoms with Crippen LogP contribution in [0.4, 0.5) is 0 Å². The van der Waals surface area contributed by atoms with Crippen LogP contribution in [-0.4, -0.2) is 21.8 Å². The zero-order chi connectivity index (χ0) is 14.8. The fourth-order valence-electron chi connectivity index (χ4n) is 1.78. The van der Waals surface area contributed by atoms with Crippen molar-refractivity contribution in [1.82, 2.24) is 14.7 Å². The van der Waals surface area contributed by atoms with E-state index < -0.39 is 5.41 Å². The van der Waals surface area contributed by atoms with Gasteiger partial charge in [0.1, 0.15) is 5.65 Å². The topological polar surface area (TPSA) is 89.5 Å². The van der Waals surface area contributed by atoms with E-state index in [1.807, 2.05) is 6.07 Å². The number of rotatable bonds is 5. The number of pyridine rings is 1. The molecule has 6 nitrogen and oxygen atoms in total. The second kappa shape index (κ2) is 5.42. The molecule has 0 aliphatic rings. The molecule has 0 radical (unpaired) electrons. The Morgan fingerprint density at radius 3 is 2.90 bits per heavy atom. The summed E-state index contributed by atoms with van der Waals surface area (Å²) >= 11 is 0. The maximum Gasteiger partial charge on any atom is 0.258 e. The molecule has 0 fully saturated rings. The summed E-state index contributed by atoms with van der Waals surface area (Å²) in [5, 5.41) is 3.10. The van der Waals surface area contributed by atoms with Crippen LogP contribution in [0, 0.1) is 5.41 Å². The Bertz CT molecular complexity index is 691.